The molecule has 0 saturated heterocycles. The predicted octanol–water partition coefficient (Wildman–Crippen LogP) is 6.45. The Bertz CT molecular complexity index is 1450. The van der Waals surface area contributed by atoms with Crippen LogP contribution in [-0.4, -0.2) is 20.6 Å². The molecule has 5 aromatic rings. The number of halogens is 1. The first kappa shape index (κ1) is 23.1. The van der Waals surface area contributed by atoms with E-state index in [0.29, 0.717) is 28.6 Å². The van der Waals surface area contributed by atoms with Crippen LogP contribution in [0.4, 0.5) is 4.39 Å². The quantitative estimate of drug-likeness (QED) is 0.255. The fraction of sp³-hybridized carbons (Fsp3) is 0.103. The number of benzene rings is 3. The summed E-state index contributed by atoms with van der Waals surface area (Å²) in [5.41, 5.74) is 2.24. The highest BCUT2D eigenvalue weighted by Crippen LogP contribution is 2.34. The first-order valence-corrected chi connectivity index (χ1v) is 11.5. The molecule has 2 heterocycles. The predicted molar refractivity (Wildman–Crippen MR) is 134 cm³/mol. The Kier molecular flexibility index (Phi) is 6.62. The summed E-state index contributed by atoms with van der Waals surface area (Å²) in [6.07, 6.45) is 1.55. The van der Waals surface area contributed by atoms with Crippen LogP contribution in [0.2, 0.25) is 0 Å². The standard InChI is InChI=1S/C29H24FN3O3/c1-32-29(36-22-13-6-3-7-14-22)25(27(31-32)21-11-4-2-5-12-21)20-33(19-23-15-10-18-35-23)28(34)24-16-8-9-17-26(24)30/h2-18H,19-20H2,1H3. The summed E-state index contributed by atoms with van der Waals surface area (Å²) in [4.78, 5) is 15.1. The highest BCUT2D eigenvalue weighted by atomic mass is 19.1. The highest BCUT2D eigenvalue weighted by Gasteiger charge is 2.27. The number of para-hydroxylation sites is 1. The molecular weight excluding hydrogens is 457 g/mol. The smallest absolute Gasteiger partial charge is 0.257 e. The molecule has 0 aliphatic heterocycles. The van der Waals surface area contributed by atoms with E-state index in [4.69, 9.17) is 14.3 Å². The largest absolute Gasteiger partial charge is 0.467 e. The third-order valence-corrected chi connectivity index (χ3v) is 5.76. The van der Waals surface area contributed by atoms with Gasteiger partial charge in [-0.05, 0) is 36.4 Å². The molecule has 36 heavy (non-hydrogen) atoms. The fourth-order valence-corrected chi connectivity index (χ4v) is 4.04. The zero-order chi connectivity index (χ0) is 24.9. The van der Waals surface area contributed by atoms with Gasteiger partial charge in [-0.25, -0.2) is 9.07 Å². The minimum absolute atomic E-state index is 0.0141. The average molecular weight is 482 g/mol. The lowest BCUT2D eigenvalue weighted by molar-refractivity contribution is 0.0712. The van der Waals surface area contributed by atoms with Gasteiger partial charge in [0.05, 0.1) is 30.5 Å². The second-order valence-electron chi connectivity index (χ2n) is 8.26. The number of ether oxygens (including phenoxy) is 1. The second-order valence-corrected chi connectivity index (χ2v) is 8.26. The van der Waals surface area contributed by atoms with Crippen LogP contribution in [0, 0.1) is 5.82 Å². The lowest BCUT2D eigenvalue weighted by Crippen LogP contribution is -2.31. The van der Waals surface area contributed by atoms with Crippen molar-refractivity contribution in [2.24, 2.45) is 7.05 Å². The van der Waals surface area contributed by atoms with E-state index in [2.05, 4.69) is 0 Å². The number of hydrogen-bond donors (Lipinski definition) is 0. The SMILES string of the molecule is Cn1nc(-c2ccccc2)c(CN(Cc2ccco2)C(=O)c2ccccc2F)c1Oc1ccccc1. The fourth-order valence-electron chi connectivity index (χ4n) is 4.04. The van der Waals surface area contributed by atoms with Crippen molar-refractivity contribution in [2.45, 2.75) is 13.1 Å². The Labute approximate surface area is 208 Å². The molecule has 2 aromatic heterocycles. The number of amides is 1. The number of aromatic nitrogens is 2. The normalized spacial score (nSPS) is 10.8. The van der Waals surface area contributed by atoms with Crippen LogP contribution in [0.15, 0.2) is 108 Å². The van der Waals surface area contributed by atoms with Crippen LogP contribution in [0.3, 0.4) is 0 Å². The number of furan rings is 1. The molecule has 3 aromatic carbocycles. The van der Waals surface area contributed by atoms with Gasteiger partial charge in [0.1, 0.15) is 23.0 Å². The van der Waals surface area contributed by atoms with Gasteiger partial charge < -0.3 is 14.1 Å². The number of hydrogen-bond acceptors (Lipinski definition) is 4. The monoisotopic (exact) mass is 481 g/mol. The Morgan fingerprint density at radius 2 is 1.61 bits per heavy atom. The zero-order valence-corrected chi connectivity index (χ0v) is 19.7. The molecule has 0 spiro atoms. The Balaban J connectivity index is 1.60. The maximum Gasteiger partial charge on any atom is 0.257 e. The van der Waals surface area contributed by atoms with Gasteiger partial charge in [0.2, 0.25) is 5.88 Å². The first-order valence-electron chi connectivity index (χ1n) is 11.5. The molecule has 0 aliphatic carbocycles. The van der Waals surface area contributed by atoms with Gasteiger partial charge in [-0.2, -0.15) is 5.10 Å². The van der Waals surface area contributed by atoms with Crippen molar-refractivity contribution >= 4 is 5.91 Å². The summed E-state index contributed by atoms with van der Waals surface area (Å²) in [5, 5.41) is 4.73. The van der Waals surface area contributed by atoms with E-state index < -0.39 is 11.7 Å². The van der Waals surface area contributed by atoms with Gasteiger partial charge in [0.15, 0.2) is 0 Å². The lowest BCUT2D eigenvalue weighted by Gasteiger charge is -2.23. The van der Waals surface area contributed by atoms with Crippen molar-refractivity contribution in [3.8, 4) is 22.9 Å². The van der Waals surface area contributed by atoms with Gasteiger partial charge in [-0.3, -0.25) is 4.79 Å². The van der Waals surface area contributed by atoms with Gasteiger partial charge >= 0.3 is 0 Å². The van der Waals surface area contributed by atoms with Crippen LogP contribution in [0.1, 0.15) is 21.7 Å². The van der Waals surface area contributed by atoms with E-state index in [0.717, 1.165) is 5.56 Å². The van der Waals surface area contributed by atoms with Crippen LogP contribution >= 0.6 is 0 Å². The van der Waals surface area contributed by atoms with E-state index in [1.54, 1.807) is 47.2 Å². The summed E-state index contributed by atoms with van der Waals surface area (Å²) in [6, 6.07) is 28.6. The van der Waals surface area contributed by atoms with Crippen molar-refractivity contribution in [3.63, 3.8) is 0 Å². The minimum Gasteiger partial charge on any atom is -0.467 e. The maximum absolute atomic E-state index is 14.6. The van der Waals surface area contributed by atoms with Crippen molar-refractivity contribution in [1.82, 2.24) is 14.7 Å². The van der Waals surface area contributed by atoms with Crippen LogP contribution < -0.4 is 4.74 Å². The van der Waals surface area contributed by atoms with Crippen molar-refractivity contribution in [2.75, 3.05) is 0 Å². The molecule has 5 rings (SSSR count). The topological polar surface area (TPSA) is 60.5 Å². The molecule has 6 nitrogen and oxygen atoms in total. The minimum atomic E-state index is -0.581. The third-order valence-electron chi connectivity index (χ3n) is 5.76. The van der Waals surface area contributed by atoms with Gasteiger partial charge in [0.25, 0.3) is 5.91 Å². The highest BCUT2D eigenvalue weighted by molar-refractivity contribution is 5.94. The summed E-state index contributed by atoms with van der Waals surface area (Å²) >= 11 is 0. The molecule has 0 saturated carbocycles. The van der Waals surface area contributed by atoms with Crippen molar-refractivity contribution < 1.29 is 18.3 Å². The molecular formula is C29H24FN3O3. The molecule has 0 unspecified atom stereocenters. The summed E-state index contributed by atoms with van der Waals surface area (Å²) in [7, 11) is 1.80. The molecule has 1 amide bonds. The zero-order valence-electron chi connectivity index (χ0n) is 19.7. The van der Waals surface area contributed by atoms with E-state index in [1.165, 1.54) is 12.1 Å². The molecule has 0 aliphatic rings. The van der Waals surface area contributed by atoms with Crippen LogP contribution in [0.25, 0.3) is 11.3 Å². The van der Waals surface area contributed by atoms with Gasteiger partial charge in [-0.15, -0.1) is 0 Å². The molecule has 180 valence electrons. The first-order chi connectivity index (χ1) is 17.6. The molecule has 0 atom stereocenters. The van der Waals surface area contributed by atoms with E-state index >= 15 is 0 Å². The second kappa shape index (κ2) is 10.3. The molecule has 0 N–H and O–H groups in total. The number of nitrogens with zero attached hydrogens (tertiary/aromatic N) is 3. The number of carbonyl (C=O) groups excluding carboxylic acids is 1. The van der Waals surface area contributed by atoms with Crippen molar-refractivity contribution in [1.29, 1.82) is 0 Å². The average Bonchev–Trinajstić information content (AvgIpc) is 3.53. The molecule has 0 fully saturated rings. The molecule has 0 radical (unpaired) electrons. The Morgan fingerprint density at radius 3 is 2.31 bits per heavy atom. The molecule has 7 heteroatoms. The number of rotatable bonds is 8. The third kappa shape index (κ3) is 4.90. The number of aryl methyl sites for hydroxylation is 1. The lowest BCUT2D eigenvalue weighted by atomic mass is 10.1. The molecule has 0 bridgehead atoms. The maximum atomic E-state index is 14.6. The van der Waals surface area contributed by atoms with E-state index in [1.807, 2.05) is 60.7 Å². The van der Waals surface area contributed by atoms with Crippen LogP contribution in [0.5, 0.6) is 11.6 Å². The summed E-state index contributed by atoms with van der Waals surface area (Å²) in [6.45, 7) is 0.266. The van der Waals surface area contributed by atoms with E-state index in [9.17, 15) is 9.18 Å². The summed E-state index contributed by atoms with van der Waals surface area (Å²) in [5.74, 6) is 0.667. The van der Waals surface area contributed by atoms with Gasteiger partial charge in [0, 0.05) is 12.6 Å². The summed E-state index contributed by atoms with van der Waals surface area (Å²) < 4.78 is 28.1. The van der Waals surface area contributed by atoms with E-state index in [-0.39, 0.29) is 18.7 Å². The Morgan fingerprint density at radius 1 is 0.917 bits per heavy atom. The Hall–Kier alpha value is -4.65. The van der Waals surface area contributed by atoms with Gasteiger partial charge in [-0.1, -0.05) is 60.7 Å². The van der Waals surface area contributed by atoms with Crippen molar-refractivity contribution in [3.05, 3.63) is 126 Å². The number of carbonyl (C=O) groups is 1. The van der Waals surface area contributed by atoms with Crippen LogP contribution in [-0.2, 0) is 20.1 Å².